The number of ether oxygens (including phenoxy) is 1. The van der Waals surface area contributed by atoms with Gasteiger partial charge in [0.2, 0.25) is 0 Å². The number of aromatic nitrogens is 1. The highest BCUT2D eigenvalue weighted by Crippen LogP contribution is 2.21. The molecule has 0 saturated carbocycles. The summed E-state index contributed by atoms with van der Waals surface area (Å²) in [6.07, 6.45) is 2.68. The van der Waals surface area contributed by atoms with Gasteiger partial charge in [0.1, 0.15) is 5.75 Å². The number of carboxylic acids is 1. The Hall–Kier alpha value is -2.23. The average Bonchev–Trinajstić information content (AvgIpc) is 2.89. The number of aromatic carboxylic acids is 1. The van der Waals surface area contributed by atoms with Gasteiger partial charge in [0.25, 0.3) is 0 Å². The van der Waals surface area contributed by atoms with E-state index in [1.165, 1.54) is 0 Å². The van der Waals surface area contributed by atoms with Gasteiger partial charge in [0.05, 0.1) is 12.2 Å². The van der Waals surface area contributed by atoms with Crippen LogP contribution in [0.15, 0.2) is 42.6 Å². The zero-order valence-corrected chi connectivity index (χ0v) is 12.5. The number of para-hydroxylation sites is 1. The summed E-state index contributed by atoms with van der Waals surface area (Å²) in [7, 11) is 0. The molecule has 1 aromatic heterocycles. The fourth-order valence-electron chi connectivity index (χ4n) is 2.45. The lowest BCUT2D eigenvalue weighted by Gasteiger charge is -2.13. The van der Waals surface area contributed by atoms with Gasteiger partial charge in [-0.15, -0.1) is 0 Å². The molecule has 0 aliphatic heterocycles. The third kappa shape index (κ3) is 3.88. The van der Waals surface area contributed by atoms with Crippen LogP contribution in [-0.2, 0) is 6.54 Å². The highest BCUT2D eigenvalue weighted by molar-refractivity contribution is 5.89. The second-order valence-corrected chi connectivity index (χ2v) is 5.28. The predicted octanol–water partition coefficient (Wildman–Crippen LogP) is 3.78. The third-order valence-electron chi connectivity index (χ3n) is 3.34. The molecule has 0 radical (unpaired) electrons. The predicted molar refractivity (Wildman–Crippen MR) is 82.0 cm³/mol. The lowest BCUT2D eigenvalue weighted by Crippen LogP contribution is -2.10. The maximum absolute atomic E-state index is 11.2. The normalized spacial score (nSPS) is 10.8. The number of aryl methyl sites for hydroxylation is 1. The van der Waals surface area contributed by atoms with Crippen LogP contribution in [0.3, 0.4) is 0 Å². The summed E-state index contributed by atoms with van der Waals surface area (Å²) in [5.41, 5.74) is 1.27. The molecule has 4 nitrogen and oxygen atoms in total. The molecule has 112 valence electrons. The zero-order valence-electron chi connectivity index (χ0n) is 12.5. The molecule has 0 amide bonds. The van der Waals surface area contributed by atoms with Gasteiger partial charge >= 0.3 is 5.97 Å². The number of carboxylic acid groups (broad SMARTS) is 1. The topological polar surface area (TPSA) is 51.5 Å². The van der Waals surface area contributed by atoms with E-state index in [9.17, 15) is 9.90 Å². The molecule has 0 bridgehead atoms. The molecule has 1 N–H and O–H groups in total. The van der Waals surface area contributed by atoms with E-state index < -0.39 is 5.97 Å². The van der Waals surface area contributed by atoms with Gasteiger partial charge in [-0.05, 0) is 30.5 Å². The fourth-order valence-corrected chi connectivity index (χ4v) is 2.45. The second-order valence-electron chi connectivity index (χ2n) is 5.28. The molecule has 2 aromatic rings. The van der Waals surface area contributed by atoms with Gasteiger partial charge in [-0.3, -0.25) is 0 Å². The Morgan fingerprint density at radius 3 is 2.57 bits per heavy atom. The molecule has 0 aliphatic rings. The Balaban J connectivity index is 1.93. The van der Waals surface area contributed by atoms with E-state index >= 15 is 0 Å². The van der Waals surface area contributed by atoms with Crippen LogP contribution in [0.4, 0.5) is 0 Å². The van der Waals surface area contributed by atoms with E-state index in [0.29, 0.717) is 12.2 Å². The molecule has 21 heavy (non-hydrogen) atoms. The first-order chi connectivity index (χ1) is 10.1. The van der Waals surface area contributed by atoms with E-state index in [2.05, 4.69) is 0 Å². The molecule has 0 spiro atoms. The maximum atomic E-state index is 11.2. The van der Waals surface area contributed by atoms with E-state index in [1.54, 1.807) is 6.07 Å². The number of hydrogen-bond acceptors (Lipinski definition) is 2. The standard InChI is InChI=1S/C17H21NO3/c1-13(2)16-15(17(19)20)9-11-18(16)10-6-12-21-14-7-4-3-5-8-14/h3-5,7-9,11,13H,6,10,12H2,1-2H3,(H,19,20). The van der Waals surface area contributed by atoms with Gasteiger partial charge in [-0.1, -0.05) is 32.0 Å². The Labute approximate surface area is 125 Å². The lowest BCUT2D eigenvalue weighted by atomic mass is 10.1. The van der Waals surface area contributed by atoms with Gasteiger partial charge in [-0.25, -0.2) is 4.79 Å². The van der Waals surface area contributed by atoms with Crippen molar-refractivity contribution in [2.24, 2.45) is 0 Å². The minimum atomic E-state index is -0.863. The maximum Gasteiger partial charge on any atom is 0.337 e. The molecular weight excluding hydrogens is 266 g/mol. The van der Waals surface area contributed by atoms with Crippen molar-refractivity contribution in [2.75, 3.05) is 6.61 Å². The Morgan fingerprint density at radius 2 is 1.95 bits per heavy atom. The number of benzene rings is 1. The molecule has 0 saturated heterocycles. The molecule has 1 heterocycles. The highest BCUT2D eigenvalue weighted by Gasteiger charge is 2.17. The smallest absolute Gasteiger partial charge is 0.337 e. The molecule has 0 fully saturated rings. The fraction of sp³-hybridized carbons (Fsp3) is 0.353. The van der Waals surface area contributed by atoms with Crippen molar-refractivity contribution >= 4 is 5.97 Å². The van der Waals surface area contributed by atoms with Crippen LogP contribution in [-0.4, -0.2) is 22.2 Å². The van der Waals surface area contributed by atoms with Gasteiger partial charge in [0, 0.05) is 18.4 Å². The first-order valence-corrected chi connectivity index (χ1v) is 7.19. The van der Waals surface area contributed by atoms with Crippen molar-refractivity contribution in [2.45, 2.75) is 32.7 Å². The molecular formula is C17H21NO3. The van der Waals surface area contributed by atoms with E-state index in [1.807, 2.05) is 54.9 Å². The SMILES string of the molecule is CC(C)c1c(C(=O)O)ccn1CCCOc1ccccc1. The molecule has 4 heteroatoms. The van der Waals surface area contributed by atoms with E-state index in [4.69, 9.17) is 4.74 Å². The largest absolute Gasteiger partial charge is 0.494 e. The van der Waals surface area contributed by atoms with Gasteiger partial charge in [0.15, 0.2) is 0 Å². The highest BCUT2D eigenvalue weighted by atomic mass is 16.5. The molecule has 0 unspecified atom stereocenters. The Morgan fingerprint density at radius 1 is 1.24 bits per heavy atom. The molecule has 0 atom stereocenters. The van der Waals surface area contributed by atoms with Crippen LogP contribution < -0.4 is 4.74 Å². The van der Waals surface area contributed by atoms with Crippen LogP contribution in [0.25, 0.3) is 0 Å². The number of nitrogens with zero attached hydrogens (tertiary/aromatic N) is 1. The Kier molecular flexibility index (Phi) is 5.04. The monoisotopic (exact) mass is 287 g/mol. The minimum Gasteiger partial charge on any atom is -0.494 e. The van der Waals surface area contributed by atoms with Crippen LogP contribution in [0.1, 0.15) is 42.2 Å². The van der Waals surface area contributed by atoms with Crippen LogP contribution in [0.2, 0.25) is 0 Å². The average molecular weight is 287 g/mol. The summed E-state index contributed by atoms with van der Waals surface area (Å²) >= 11 is 0. The van der Waals surface area contributed by atoms with Crippen molar-refractivity contribution in [1.29, 1.82) is 0 Å². The van der Waals surface area contributed by atoms with Crippen molar-refractivity contribution < 1.29 is 14.6 Å². The first-order valence-electron chi connectivity index (χ1n) is 7.19. The van der Waals surface area contributed by atoms with E-state index in [-0.39, 0.29) is 5.92 Å². The van der Waals surface area contributed by atoms with Crippen molar-refractivity contribution in [3.05, 3.63) is 53.9 Å². The molecule has 1 aromatic carbocycles. The lowest BCUT2D eigenvalue weighted by molar-refractivity contribution is 0.0695. The summed E-state index contributed by atoms with van der Waals surface area (Å²) in [6.45, 7) is 5.40. The van der Waals surface area contributed by atoms with Crippen LogP contribution in [0.5, 0.6) is 5.75 Å². The van der Waals surface area contributed by atoms with Crippen molar-refractivity contribution in [3.63, 3.8) is 0 Å². The number of carbonyl (C=O) groups is 1. The summed E-state index contributed by atoms with van der Waals surface area (Å²) in [5, 5.41) is 9.21. The summed E-state index contributed by atoms with van der Waals surface area (Å²) in [5.74, 6) is 0.180. The number of rotatable bonds is 7. The van der Waals surface area contributed by atoms with Crippen LogP contribution >= 0.6 is 0 Å². The van der Waals surface area contributed by atoms with Crippen molar-refractivity contribution in [1.82, 2.24) is 4.57 Å². The van der Waals surface area contributed by atoms with E-state index in [0.717, 1.165) is 24.4 Å². The Bertz CT molecular complexity index is 587. The van der Waals surface area contributed by atoms with Gasteiger partial charge in [-0.2, -0.15) is 0 Å². The number of hydrogen-bond donors (Lipinski definition) is 1. The zero-order chi connectivity index (χ0) is 15.2. The summed E-state index contributed by atoms with van der Waals surface area (Å²) < 4.78 is 7.67. The summed E-state index contributed by atoms with van der Waals surface area (Å²) in [4.78, 5) is 11.2. The summed E-state index contributed by atoms with van der Waals surface area (Å²) in [6, 6.07) is 11.4. The van der Waals surface area contributed by atoms with Crippen molar-refractivity contribution in [3.8, 4) is 5.75 Å². The quantitative estimate of drug-likeness (QED) is 0.788. The van der Waals surface area contributed by atoms with Crippen LogP contribution in [0, 0.1) is 0 Å². The van der Waals surface area contributed by atoms with Gasteiger partial charge < -0.3 is 14.4 Å². The molecule has 0 aliphatic carbocycles. The minimum absolute atomic E-state index is 0.182. The second kappa shape index (κ2) is 6.97. The first kappa shape index (κ1) is 15.2. The molecule has 2 rings (SSSR count). The third-order valence-corrected chi connectivity index (χ3v) is 3.34.